The maximum atomic E-state index is 12.7. The van der Waals surface area contributed by atoms with Crippen molar-refractivity contribution < 1.29 is 9.90 Å². The van der Waals surface area contributed by atoms with E-state index in [4.69, 9.17) is 5.11 Å². The highest BCUT2D eigenvalue weighted by Gasteiger charge is 2.45. The number of nitrogens with one attached hydrogen (secondary N) is 1. The number of aliphatic hydroxyl groups excluding tert-OH is 1. The third kappa shape index (κ3) is 3.65. The zero-order valence-electron chi connectivity index (χ0n) is 13.0. The molecule has 21 heavy (non-hydrogen) atoms. The monoisotopic (exact) mass is 289 g/mol. The quantitative estimate of drug-likeness (QED) is 0.773. The SMILES string of the molecule is CCCC(CCO)CNC(=O)C1(c2ccccc2)CCC1. The van der Waals surface area contributed by atoms with E-state index in [-0.39, 0.29) is 17.9 Å². The van der Waals surface area contributed by atoms with Gasteiger partial charge >= 0.3 is 0 Å². The molecule has 1 aromatic rings. The van der Waals surface area contributed by atoms with Crippen LogP contribution in [0, 0.1) is 5.92 Å². The molecule has 3 nitrogen and oxygen atoms in total. The number of benzene rings is 1. The Kier molecular flexibility index (Phi) is 5.80. The summed E-state index contributed by atoms with van der Waals surface area (Å²) < 4.78 is 0. The lowest BCUT2D eigenvalue weighted by atomic mass is 9.64. The van der Waals surface area contributed by atoms with Gasteiger partial charge in [0.05, 0.1) is 5.41 Å². The Labute approximate surface area is 127 Å². The summed E-state index contributed by atoms with van der Waals surface area (Å²) in [5, 5.41) is 12.3. The van der Waals surface area contributed by atoms with E-state index in [0.29, 0.717) is 12.5 Å². The largest absolute Gasteiger partial charge is 0.396 e. The van der Waals surface area contributed by atoms with Crippen molar-refractivity contribution in [3.05, 3.63) is 35.9 Å². The molecule has 116 valence electrons. The zero-order valence-corrected chi connectivity index (χ0v) is 13.0. The molecule has 1 unspecified atom stereocenters. The molecule has 1 atom stereocenters. The van der Waals surface area contributed by atoms with E-state index in [0.717, 1.165) is 44.1 Å². The van der Waals surface area contributed by atoms with E-state index in [9.17, 15) is 4.79 Å². The highest BCUT2D eigenvalue weighted by Crippen LogP contribution is 2.43. The van der Waals surface area contributed by atoms with E-state index in [1.807, 2.05) is 18.2 Å². The van der Waals surface area contributed by atoms with Crippen LogP contribution in [-0.2, 0) is 10.2 Å². The van der Waals surface area contributed by atoms with Gasteiger partial charge in [-0.15, -0.1) is 0 Å². The number of carbonyl (C=O) groups excluding carboxylic acids is 1. The minimum Gasteiger partial charge on any atom is -0.396 e. The standard InChI is InChI=1S/C18H27NO2/c1-2-7-15(10-13-20)14-19-17(21)18(11-6-12-18)16-8-4-3-5-9-16/h3-5,8-9,15,20H,2,6-7,10-14H2,1H3,(H,19,21). The molecule has 1 aliphatic rings. The first-order chi connectivity index (χ1) is 10.2. The first kappa shape index (κ1) is 16.0. The Morgan fingerprint density at radius 1 is 1.29 bits per heavy atom. The molecular formula is C18H27NO2. The van der Waals surface area contributed by atoms with Crippen LogP contribution < -0.4 is 5.32 Å². The number of aliphatic hydroxyl groups is 1. The van der Waals surface area contributed by atoms with Gasteiger partial charge < -0.3 is 10.4 Å². The molecule has 0 saturated heterocycles. The van der Waals surface area contributed by atoms with E-state index in [2.05, 4.69) is 24.4 Å². The molecular weight excluding hydrogens is 262 g/mol. The summed E-state index contributed by atoms with van der Waals surface area (Å²) in [4.78, 5) is 12.7. The smallest absolute Gasteiger partial charge is 0.230 e. The number of amides is 1. The molecule has 1 aromatic carbocycles. The second-order valence-corrected chi connectivity index (χ2v) is 6.18. The van der Waals surface area contributed by atoms with Gasteiger partial charge in [0.15, 0.2) is 0 Å². The van der Waals surface area contributed by atoms with Crippen molar-refractivity contribution in [3.63, 3.8) is 0 Å². The lowest BCUT2D eigenvalue weighted by molar-refractivity contribution is -0.130. The molecule has 1 amide bonds. The summed E-state index contributed by atoms with van der Waals surface area (Å²) in [6, 6.07) is 10.1. The first-order valence-corrected chi connectivity index (χ1v) is 8.17. The Morgan fingerprint density at radius 3 is 2.52 bits per heavy atom. The molecule has 1 saturated carbocycles. The molecule has 0 aromatic heterocycles. The van der Waals surface area contributed by atoms with Gasteiger partial charge in [0.2, 0.25) is 5.91 Å². The summed E-state index contributed by atoms with van der Waals surface area (Å²) >= 11 is 0. The Balaban J connectivity index is 1.98. The summed E-state index contributed by atoms with van der Waals surface area (Å²) in [6.45, 7) is 3.02. The van der Waals surface area contributed by atoms with E-state index in [1.54, 1.807) is 0 Å². The van der Waals surface area contributed by atoms with E-state index in [1.165, 1.54) is 0 Å². The van der Waals surface area contributed by atoms with E-state index < -0.39 is 0 Å². The minimum absolute atomic E-state index is 0.166. The molecule has 2 N–H and O–H groups in total. The van der Waals surface area contributed by atoms with Crippen LogP contribution in [0.1, 0.15) is 51.0 Å². The fourth-order valence-corrected chi connectivity index (χ4v) is 3.28. The number of carbonyl (C=O) groups is 1. The molecule has 1 aliphatic carbocycles. The van der Waals surface area contributed by atoms with Gasteiger partial charge in [0.25, 0.3) is 0 Å². The summed E-state index contributed by atoms with van der Waals surface area (Å²) in [7, 11) is 0. The van der Waals surface area contributed by atoms with Gasteiger partial charge in [-0.3, -0.25) is 4.79 Å². The maximum absolute atomic E-state index is 12.7. The average molecular weight is 289 g/mol. The van der Waals surface area contributed by atoms with Crippen molar-refractivity contribution in [2.45, 2.75) is 50.9 Å². The van der Waals surface area contributed by atoms with Gasteiger partial charge in [0, 0.05) is 13.2 Å². The van der Waals surface area contributed by atoms with Crippen LogP contribution >= 0.6 is 0 Å². The first-order valence-electron chi connectivity index (χ1n) is 8.17. The van der Waals surface area contributed by atoms with Crippen molar-refractivity contribution >= 4 is 5.91 Å². The van der Waals surface area contributed by atoms with Crippen LogP contribution in [0.4, 0.5) is 0 Å². The third-order valence-electron chi connectivity index (χ3n) is 4.75. The Hall–Kier alpha value is -1.35. The summed E-state index contributed by atoms with van der Waals surface area (Å²) in [5.74, 6) is 0.552. The molecule has 0 radical (unpaired) electrons. The molecule has 0 bridgehead atoms. The lowest BCUT2D eigenvalue weighted by Gasteiger charge is -2.41. The van der Waals surface area contributed by atoms with Gasteiger partial charge in [0.1, 0.15) is 0 Å². The normalized spacial score (nSPS) is 17.8. The van der Waals surface area contributed by atoms with Crippen molar-refractivity contribution in [1.82, 2.24) is 5.32 Å². The fourth-order valence-electron chi connectivity index (χ4n) is 3.28. The molecule has 0 heterocycles. The molecule has 3 heteroatoms. The van der Waals surface area contributed by atoms with Crippen LogP contribution in [0.3, 0.4) is 0 Å². The predicted octanol–water partition coefficient (Wildman–Crippen LogP) is 3.02. The van der Waals surface area contributed by atoms with Crippen molar-refractivity contribution in [2.75, 3.05) is 13.2 Å². The fraction of sp³-hybridized carbons (Fsp3) is 0.611. The van der Waals surface area contributed by atoms with Crippen LogP contribution in [0.5, 0.6) is 0 Å². The molecule has 2 rings (SSSR count). The van der Waals surface area contributed by atoms with Crippen molar-refractivity contribution in [1.29, 1.82) is 0 Å². The maximum Gasteiger partial charge on any atom is 0.230 e. The summed E-state index contributed by atoms with van der Waals surface area (Å²) in [6.07, 6.45) is 5.93. The van der Waals surface area contributed by atoms with Crippen LogP contribution in [-0.4, -0.2) is 24.2 Å². The van der Waals surface area contributed by atoms with Gasteiger partial charge in [-0.25, -0.2) is 0 Å². The second-order valence-electron chi connectivity index (χ2n) is 6.18. The van der Waals surface area contributed by atoms with Gasteiger partial charge in [-0.05, 0) is 37.2 Å². The van der Waals surface area contributed by atoms with Crippen molar-refractivity contribution in [2.24, 2.45) is 5.92 Å². The third-order valence-corrected chi connectivity index (χ3v) is 4.75. The van der Waals surface area contributed by atoms with Gasteiger partial charge in [-0.2, -0.15) is 0 Å². The Morgan fingerprint density at radius 2 is 2.00 bits per heavy atom. The van der Waals surface area contributed by atoms with Crippen LogP contribution in [0.25, 0.3) is 0 Å². The van der Waals surface area contributed by atoms with Crippen LogP contribution in [0.15, 0.2) is 30.3 Å². The highest BCUT2D eigenvalue weighted by atomic mass is 16.3. The zero-order chi connectivity index (χ0) is 15.1. The van der Waals surface area contributed by atoms with E-state index >= 15 is 0 Å². The highest BCUT2D eigenvalue weighted by molar-refractivity contribution is 5.89. The minimum atomic E-state index is -0.308. The molecule has 0 aliphatic heterocycles. The topological polar surface area (TPSA) is 49.3 Å². The van der Waals surface area contributed by atoms with Crippen molar-refractivity contribution in [3.8, 4) is 0 Å². The second kappa shape index (κ2) is 7.60. The molecule has 1 fully saturated rings. The van der Waals surface area contributed by atoms with Gasteiger partial charge in [-0.1, -0.05) is 50.1 Å². The van der Waals surface area contributed by atoms with Crippen LogP contribution in [0.2, 0.25) is 0 Å². The number of hydrogen-bond acceptors (Lipinski definition) is 2. The predicted molar refractivity (Wildman–Crippen MR) is 85.1 cm³/mol. The summed E-state index contributed by atoms with van der Waals surface area (Å²) in [5.41, 5.74) is 0.833. The molecule has 0 spiro atoms. The Bertz CT molecular complexity index is 434. The average Bonchev–Trinajstić information content (AvgIpc) is 2.45. The lowest BCUT2D eigenvalue weighted by Crippen LogP contribution is -2.50. The number of hydrogen-bond donors (Lipinski definition) is 2. The number of rotatable bonds is 8.